The van der Waals surface area contributed by atoms with Crippen LogP contribution in [0.15, 0.2) is 23.3 Å². The van der Waals surface area contributed by atoms with Crippen molar-refractivity contribution in [2.24, 2.45) is 0 Å². The Balaban J connectivity index is 1.33. The van der Waals surface area contributed by atoms with Crippen molar-refractivity contribution in [3.05, 3.63) is 44.2 Å². The third-order valence-corrected chi connectivity index (χ3v) is 14.3. The second kappa shape index (κ2) is 10.3. The third kappa shape index (κ3) is 4.03. The maximum absolute atomic E-state index is 9.41. The van der Waals surface area contributed by atoms with Crippen LogP contribution in [0, 0.1) is 45.3 Å². The average Bonchev–Trinajstić information content (AvgIpc) is 3.83. The van der Waals surface area contributed by atoms with E-state index in [0.29, 0.717) is 0 Å². The van der Waals surface area contributed by atoms with Gasteiger partial charge in [-0.25, -0.2) is 0 Å². The Morgan fingerprint density at radius 2 is 0.955 bits per heavy atom. The summed E-state index contributed by atoms with van der Waals surface area (Å²) >= 11 is 6.74. The van der Waals surface area contributed by atoms with E-state index in [-0.39, 0.29) is 11.1 Å². The van der Waals surface area contributed by atoms with Gasteiger partial charge in [-0.2, -0.15) is 21.0 Å². The Morgan fingerprint density at radius 1 is 0.568 bits per heavy atom. The summed E-state index contributed by atoms with van der Waals surface area (Å²) in [5.41, 5.74) is 1.76. The Labute approximate surface area is 270 Å². The number of allylic oxidation sites excluding steroid dienone is 2. The van der Waals surface area contributed by atoms with Crippen molar-refractivity contribution in [3.63, 3.8) is 0 Å². The minimum absolute atomic E-state index is 0.104. The van der Waals surface area contributed by atoms with Gasteiger partial charge in [0.2, 0.25) is 0 Å². The van der Waals surface area contributed by atoms with E-state index in [1.54, 1.807) is 57.5 Å². The number of nitriles is 4. The van der Waals surface area contributed by atoms with Crippen LogP contribution in [0.5, 0.6) is 11.5 Å². The first-order chi connectivity index (χ1) is 21.5. The Kier molecular flexibility index (Phi) is 6.49. The van der Waals surface area contributed by atoms with Crippen molar-refractivity contribution in [2.45, 2.75) is 75.4 Å². The Hall–Kier alpha value is -3.90. The fourth-order valence-corrected chi connectivity index (χ4v) is 12.6. The van der Waals surface area contributed by atoms with Gasteiger partial charge in [-0.1, -0.05) is 12.8 Å². The first-order valence-electron chi connectivity index (χ1n) is 14.8. The summed E-state index contributed by atoms with van der Waals surface area (Å²) < 4.78 is 16.5. The van der Waals surface area contributed by atoms with Gasteiger partial charge in [-0.05, 0) is 75.7 Å². The van der Waals surface area contributed by atoms with E-state index >= 15 is 0 Å². The molecule has 2 saturated carbocycles. The molecule has 4 aliphatic rings. The molecule has 0 saturated heterocycles. The standard InChI is InChI=1S/C34H24N4O2S4/c35-15-19(16-36)11-21-13-23-27(41-21)29-25(39-33(23)7-3-1-4-8-33)31-32(43-29)26-30(44-31)28-24(34(40-26)9-5-2-6-10-34)14-22(42-28)12-20(17-37)18-38/h11-14H,1-10H2. The highest BCUT2D eigenvalue weighted by atomic mass is 32.1. The SMILES string of the molecule is N#CC(C#N)=Cc1cc2c(s1)-c1sc3c4c(sc3c1OC21CCCCC1)-c1sc(C=C(C#N)C#N)cc1C1(CCCCC1)O4. The molecule has 44 heavy (non-hydrogen) atoms. The highest BCUT2D eigenvalue weighted by Gasteiger charge is 2.48. The van der Waals surface area contributed by atoms with Crippen LogP contribution in [0.2, 0.25) is 0 Å². The molecule has 0 amide bonds. The normalized spacial score (nSPS) is 18.2. The number of fused-ring (bicyclic) bond motifs is 11. The van der Waals surface area contributed by atoms with Crippen molar-refractivity contribution in [1.29, 1.82) is 21.0 Å². The van der Waals surface area contributed by atoms with Gasteiger partial charge >= 0.3 is 0 Å². The molecule has 0 radical (unpaired) electrons. The molecule has 10 heteroatoms. The van der Waals surface area contributed by atoms with E-state index < -0.39 is 11.2 Å². The second-order valence-corrected chi connectivity index (χ2v) is 16.0. The third-order valence-electron chi connectivity index (χ3n) is 9.31. The fourth-order valence-electron chi connectivity index (χ4n) is 7.31. The topological polar surface area (TPSA) is 114 Å². The van der Waals surface area contributed by atoms with E-state index in [0.717, 1.165) is 91.8 Å². The second-order valence-electron chi connectivity index (χ2n) is 11.8. The molecule has 8 rings (SSSR count). The van der Waals surface area contributed by atoms with Crippen LogP contribution in [-0.2, 0) is 11.2 Å². The van der Waals surface area contributed by atoms with Crippen molar-refractivity contribution >= 4 is 66.9 Å². The molecule has 2 aliphatic carbocycles. The zero-order chi connectivity index (χ0) is 30.1. The lowest BCUT2D eigenvalue weighted by Crippen LogP contribution is -2.37. The van der Waals surface area contributed by atoms with Gasteiger partial charge in [0.1, 0.15) is 46.6 Å². The first-order valence-corrected chi connectivity index (χ1v) is 18.1. The van der Waals surface area contributed by atoms with Gasteiger partial charge in [0.15, 0.2) is 11.5 Å². The number of rotatable bonds is 2. The lowest BCUT2D eigenvalue weighted by Gasteiger charge is -2.41. The molecular formula is C34H24N4O2S4. The van der Waals surface area contributed by atoms with Crippen molar-refractivity contribution in [3.8, 4) is 55.3 Å². The van der Waals surface area contributed by atoms with Crippen LogP contribution in [-0.4, -0.2) is 0 Å². The monoisotopic (exact) mass is 648 g/mol. The van der Waals surface area contributed by atoms with E-state index in [1.165, 1.54) is 33.7 Å². The van der Waals surface area contributed by atoms with E-state index in [4.69, 9.17) is 9.47 Å². The number of ether oxygens (including phenoxy) is 2. The maximum atomic E-state index is 9.41. The van der Waals surface area contributed by atoms with Gasteiger partial charge in [-0.15, -0.1) is 45.3 Å². The zero-order valence-corrected chi connectivity index (χ0v) is 26.9. The first kappa shape index (κ1) is 27.6. The summed E-state index contributed by atoms with van der Waals surface area (Å²) in [6.45, 7) is 0. The van der Waals surface area contributed by atoms with Crippen LogP contribution >= 0.6 is 45.3 Å². The minimum Gasteiger partial charge on any atom is -0.479 e. The minimum atomic E-state index is -0.413. The lowest BCUT2D eigenvalue weighted by molar-refractivity contribution is 0.0258. The average molecular weight is 649 g/mol. The van der Waals surface area contributed by atoms with E-state index in [9.17, 15) is 21.0 Å². The molecule has 0 bridgehead atoms. The maximum Gasteiger partial charge on any atom is 0.158 e. The van der Waals surface area contributed by atoms with Crippen molar-refractivity contribution in [2.75, 3.05) is 0 Å². The number of nitrogens with zero attached hydrogens (tertiary/aromatic N) is 4. The molecule has 0 atom stereocenters. The molecule has 0 unspecified atom stereocenters. The predicted molar refractivity (Wildman–Crippen MR) is 176 cm³/mol. The number of hydrogen-bond acceptors (Lipinski definition) is 10. The highest BCUT2D eigenvalue weighted by molar-refractivity contribution is 7.35. The van der Waals surface area contributed by atoms with Crippen LogP contribution in [0.1, 0.15) is 85.1 Å². The fraction of sp³-hybridized carbons (Fsp3) is 0.353. The molecule has 4 aromatic rings. The molecule has 0 aromatic carbocycles. The summed E-state index contributed by atoms with van der Waals surface area (Å²) in [6, 6.07) is 12.3. The summed E-state index contributed by atoms with van der Waals surface area (Å²) in [5, 5.41) is 37.7. The van der Waals surface area contributed by atoms with Crippen molar-refractivity contribution in [1.82, 2.24) is 0 Å². The van der Waals surface area contributed by atoms with Gasteiger partial charge < -0.3 is 9.47 Å². The molecule has 2 aliphatic heterocycles. The largest absolute Gasteiger partial charge is 0.479 e. The number of hydrogen-bond donors (Lipinski definition) is 0. The summed E-state index contributed by atoms with van der Waals surface area (Å²) in [7, 11) is 0. The van der Waals surface area contributed by atoms with E-state index in [2.05, 4.69) is 12.1 Å². The molecule has 6 nitrogen and oxygen atoms in total. The van der Waals surface area contributed by atoms with E-state index in [1.807, 2.05) is 24.3 Å². The number of thiophene rings is 4. The molecular weight excluding hydrogens is 625 g/mol. The summed E-state index contributed by atoms with van der Waals surface area (Å²) in [6.07, 6.45) is 13.9. The van der Waals surface area contributed by atoms with Gasteiger partial charge in [-0.3, -0.25) is 0 Å². The molecule has 0 N–H and O–H groups in total. The zero-order valence-electron chi connectivity index (χ0n) is 23.6. The molecule has 2 fully saturated rings. The van der Waals surface area contributed by atoms with Gasteiger partial charge in [0, 0.05) is 20.9 Å². The predicted octanol–water partition coefficient (Wildman–Crippen LogP) is 10.4. The summed E-state index contributed by atoms with van der Waals surface area (Å²) in [4.78, 5) is 6.39. The Bertz CT molecular complexity index is 1920. The molecule has 4 aromatic heterocycles. The quantitative estimate of drug-likeness (QED) is 0.200. The molecule has 216 valence electrons. The molecule has 2 spiro atoms. The van der Waals surface area contributed by atoms with Crippen LogP contribution < -0.4 is 9.47 Å². The van der Waals surface area contributed by atoms with Gasteiger partial charge in [0.25, 0.3) is 0 Å². The lowest BCUT2D eigenvalue weighted by atomic mass is 9.78. The smallest absolute Gasteiger partial charge is 0.158 e. The van der Waals surface area contributed by atoms with Gasteiger partial charge in [0.05, 0.1) is 28.9 Å². The van der Waals surface area contributed by atoms with Crippen molar-refractivity contribution < 1.29 is 9.47 Å². The molecule has 6 heterocycles. The van der Waals surface area contributed by atoms with Crippen LogP contribution in [0.4, 0.5) is 0 Å². The highest BCUT2D eigenvalue weighted by Crippen LogP contribution is 2.66. The summed E-state index contributed by atoms with van der Waals surface area (Å²) in [5.74, 6) is 1.88. The van der Waals surface area contributed by atoms with Crippen LogP contribution in [0.3, 0.4) is 0 Å². The Morgan fingerprint density at radius 3 is 1.32 bits per heavy atom. The van der Waals surface area contributed by atoms with Crippen LogP contribution in [0.25, 0.3) is 41.1 Å².